The molecule has 0 aromatic heterocycles. The first-order valence-electron chi connectivity index (χ1n) is 5.07. The summed E-state index contributed by atoms with van der Waals surface area (Å²) in [5, 5.41) is 9.44. The first kappa shape index (κ1) is 11.0. The van der Waals surface area contributed by atoms with E-state index in [1.54, 1.807) is 13.8 Å². The summed E-state index contributed by atoms with van der Waals surface area (Å²) in [5.74, 6) is 0. The van der Waals surface area contributed by atoms with Crippen LogP contribution in [0.5, 0.6) is 0 Å². The molecule has 0 saturated heterocycles. The van der Waals surface area contributed by atoms with E-state index >= 15 is 0 Å². The highest BCUT2D eigenvalue weighted by Gasteiger charge is 2.22. The number of hydrogen-bond acceptors (Lipinski definition) is 3. The lowest BCUT2D eigenvalue weighted by molar-refractivity contribution is 0.000593. The molecular formula is C10H21NO2. The summed E-state index contributed by atoms with van der Waals surface area (Å²) in [6.07, 6.45) is 4.16. The van der Waals surface area contributed by atoms with Crippen LogP contribution >= 0.6 is 0 Å². The van der Waals surface area contributed by atoms with Crippen molar-refractivity contribution in [3.63, 3.8) is 0 Å². The molecule has 2 unspecified atom stereocenters. The molecule has 0 aromatic carbocycles. The van der Waals surface area contributed by atoms with Crippen molar-refractivity contribution in [1.29, 1.82) is 0 Å². The predicted octanol–water partition coefficient (Wildman–Crippen LogP) is 1.04. The zero-order chi connectivity index (χ0) is 9.90. The number of nitrogens with two attached hydrogens (primary N) is 1. The maximum absolute atomic E-state index is 9.44. The number of aliphatic hydroxyl groups is 1. The smallest absolute Gasteiger partial charge is 0.0613 e. The lowest BCUT2D eigenvalue weighted by Gasteiger charge is -2.18. The fourth-order valence-electron chi connectivity index (χ4n) is 1.60. The Morgan fingerprint density at radius 3 is 2.62 bits per heavy atom. The van der Waals surface area contributed by atoms with Crippen LogP contribution in [0.2, 0.25) is 0 Å². The fourth-order valence-corrected chi connectivity index (χ4v) is 1.60. The maximum atomic E-state index is 9.44. The third-order valence-electron chi connectivity index (χ3n) is 2.49. The van der Waals surface area contributed by atoms with Crippen molar-refractivity contribution in [3.05, 3.63) is 0 Å². The first-order valence-corrected chi connectivity index (χ1v) is 5.07. The van der Waals surface area contributed by atoms with Gasteiger partial charge in [-0.1, -0.05) is 0 Å². The van der Waals surface area contributed by atoms with Crippen molar-refractivity contribution < 1.29 is 9.84 Å². The second-order valence-electron chi connectivity index (χ2n) is 4.63. The third kappa shape index (κ3) is 4.60. The molecule has 3 nitrogen and oxygen atoms in total. The quantitative estimate of drug-likeness (QED) is 0.691. The third-order valence-corrected chi connectivity index (χ3v) is 2.49. The van der Waals surface area contributed by atoms with Crippen molar-refractivity contribution in [2.24, 2.45) is 5.73 Å². The van der Waals surface area contributed by atoms with Gasteiger partial charge in [0.05, 0.1) is 11.7 Å². The van der Waals surface area contributed by atoms with Gasteiger partial charge >= 0.3 is 0 Å². The molecule has 0 amide bonds. The van der Waals surface area contributed by atoms with Gasteiger partial charge in [-0.05, 0) is 39.5 Å². The maximum Gasteiger partial charge on any atom is 0.0613 e. The van der Waals surface area contributed by atoms with E-state index in [0.717, 1.165) is 19.3 Å². The zero-order valence-electron chi connectivity index (χ0n) is 8.62. The Bertz CT molecular complexity index is 153. The lowest BCUT2D eigenvalue weighted by Crippen LogP contribution is -2.23. The Morgan fingerprint density at radius 1 is 1.46 bits per heavy atom. The van der Waals surface area contributed by atoms with Crippen molar-refractivity contribution in [1.82, 2.24) is 0 Å². The Kier molecular flexibility index (Phi) is 3.71. The van der Waals surface area contributed by atoms with Gasteiger partial charge in [-0.3, -0.25) is 0 Å². The Balaban J connectivity index is 2.07. The van der Waals surface area contributed by atoms with Crippen LogP contribution in [0, 0.1) is 0 Å². The summed E-state index contributed by atoms with van der Waals surface area (Å²) >= 11 is 0. The van der Waals surface area contributed by atoms with E-state index in [-0.39, 0.29) is 0 Å². The van der Waals surface area contributed by atoms with Gasteiger partial charge in [0, 0.05) is 12.6 Å². The van der Waals surface area contributed by atoms with Gasteiger partial charge in [0.1, 0.15) is 0 Å². The van der Waals surface area contributed by atoms with Crippen LogP contribution in [0.4, 0.5) is 0 Å². The normalized spacial score (nSPS) is 29.5. The highest BCUT2D eigenvalue weighted by Crippen LogP contribution is 2.21. The Morgan fingerprint density at radius 2 is 2.15 bits per heavy atom. The van der Waals surface area contributed by atoms with Crippen LogP contribution < -0.4 is 5.73 Å². The summed E-state index contributed by atoms with van der Waals surface area (Å²) < 4.78 is 5.61. The largest absolute Gasteiger partial charge is 0.390 e. The van der Waals surface area contributed by atoms with Crippen LogP contribution in [0.15, 0.2) is 0 Å². The average Bonchev–Trinajstić information content (AvgIpc) is 2.33. The average molecular weight is 187 g/mol. The van der Waals surface area contributed by atoms with Gasteiger partial charge in [-0.2, -0.15) is 0 Å². The van der Waals surface area contributed by atoms with Gasteiger partial charge in [-0.15, -0.1) is 0 Å². The van der Waals surface area contributed by atoms with Crippen molar-refractivity contribution in [2.75, 3.05) is 6.61 Å². The molecule has 2 atom stereocenters. The fraction of sp³-hybridized carbons (Fsp3) is 1.00. The molecule has 0 spiro atoms. The number of rotatable bonds is 4. The van der Waals surface area contributed by atoms with Crippen LogP contribution in [0.3, 0.4) is 0 Å². The topological polar surface area (TPSA) is 55.5 Å². The molecule has 13 heavy (non-hydrogen) atoms. The molecule has 1 aliphatic carbocycles. The second kappa shape index (κ2) is 4.40. The van der Waals surface area contributed by atoms with Gasteiger partial charge in [0.25, 0.3) is 0 Å². The van der Waals surface area contributed by atoms with Crippen LogP contribution in [0.1, 0.15) is 39.5 Å². The van der Waals surface area contributed by atoms with Crippen molar-refractivity contribution >= 4 is 0 Å². The van der Waals surface area contributed by atoms with E-state index in [1.807, 2.05) is 0 Å². The molecule has 1 aliphatic rings. The van der Waals surface area contributed by atoms with E-state index in [0.29, 0.717) is 25.2 Å². The van der Waals surface area contributed by atoms with Gasteiger partial charge in [0.15, 0.2) is 0 Å². The minimum absolute atomic E-state index is 0.326. The molecule has 1 saturated carbocycles. The van der Waals surface area contributed by atoms with E-state index in [2.05, 4.69) is 0 Å². The Hall–Kier alpha value is -0.120. The van der Waals surface area contributed by atoms with E-state index < -0.39 is 5.60 Å². The summed E-state index contributed by atoms with van der Waals surface area (Å²) in [6, 6.07) is 0.326. The standard InChI is InChI=1S/C10H21NO2/c1-10(2,12)5-6-13-9-4-3-8(11)7-9/h8-9,12H,3-7,11H2,1-2H3. The van der Waals surface area contributed by atoms with E-state index in [4.69, 9.17) is 10.5 Å². The molecule has 0 aliphatic heterocycles. The molecule has 3 heteroatoms. The first-order chi connectivity index (χ1) is 5.97. The molecular weight excluding hydrogens is 166 g/mol. The molecule has 78 valence electrons. The molecule has 0 radical (unpaired) electrons. The molecule has 1 fully saturated rings. The predicted molar refractivity (Wildman–Crippen MR) is 52.5 cm³/mol. The Labute approximate surface area is 80.3 Å². The minimum atomic E-state index is -0.610. The summed E-state index contributed by atoms with van der Waals surface area (Å²) in [4.78, 5) is 0. The van der Waals surface area contributed by atoms with Gasteiger partial charge in [0.2, 0.25) is 0 Å². The molecule has 1 rings (SSSR count). The summed E-state index contributed by atoms with van der Waals surface area (Å²) in [7, 11) is 0. The monoisotopic (exact) mass is 187 g/mol. The number of hydrogen-bond donors (Lipinski definition) is 2. The van der Waals surface area contributed by atoms with E-state index in [9.17, 15) is 5.11 Å². The van der Waals surface area contributed by atoms with Crippen molar-refractivity contribution in [2.45, 2.75) is 57.3 Å². The summed E-state index contributed by atoms with van der Waals surface area (Å²) in [5.41, 5.74) is 5.14. The number of ether oxygens (including phenoxy) is 1. The molecule has 0 aromatic rings. The van der Waals surface area contributed by atoms with Crippen LogP contribution in [-0.2, 0) is 4.74 Å². The highest BCUT2D eigenvalue weighted by molar-refractivity contribution is 4.78. The zero-order valence-corrected chi connectivity index (χ0v) is 8.62. The van der Waals surface area contributed by atoms with Crippen molar-refractivity contribution in [3.8, 4) is 0 Å². The molecule has 0 heterocycles. The SMILES string of the molecule is CC(C)(O)CCOC1CCC(N)C1. The van der Waals surface area contributed by atoms with E-state index in [1.165, 1.54) is 0 Å². The summed E-state index contributed by atoms with van der Waals surface area (Å²) in [6.45, 7) is 4.24. The molecule has 3 N–H and O–H groups in total. The van der Waals surface area contributed by atoms with Gasteiger partial charge < -0.3 is 15.6 Å². The van der Waals surface area contributed by atoms with Crippen LogP contribution in [0.25, 0.3) is 0 Å². The van der Waals surface area contributed by atoms with Gasteiger partial charge in [-0.25, -0.2) is 0 Å². The lowest BCUT2D eigenvalue weighted by atomic mass is 10.1. The minimum Gasteiger partial charge on any atom is -0.390 e. The van der Waals surface area contributed by atoms with Crippen LogP contribution in [-0.4, -0.2) is 29.5 Å². The highest BCUT2D eigenvalue weighted by atomic mass is 16.5. The second-order valence-corrected chi connectivity index (χ2v) is 4.63. The molecule has 0 bridgehead atoms.